The minimum Gasteiger partial charge on any atom is -0.0654 e. The second-order valence-electron chi connectivity index (χ2n) is 8.56. The van der Waals surface area contributed by atoms with Gasteiger partial charge in [0.05, 0.1) is 0 Å². The van der Waals surface area contributed by atoms with Crippen molar-refractivity contribution >= 4 is 37.1 Å². The molecule has 4 aromatic rings. The first-order valence-corrected chi connectivity index (χ1v) is 15.3. The first-order chi connectivity index (χ1) is 17.3. The maximum atomic E-state index is 2.57. The van der Waals surface area contributed by atoms with Gasteiger partial charge in [-0.2, -0.15) is 0 Å². The molecule has 0 N–H and O–H groups in total. The van der Waals surface area contributed by atoms with Crippen molar-refractivity contribution in [1.82, 2.24) is 0 Å². The summed E-state index contributed by atoms with van der Waals surface area (Å²) in [7, 11) is -1.11. The van der Waals surface area contributed by atoms with E-state index in [-0.39, 0.29) is 0 Å². The van der Waals surface area contributed by atoms with E-state index >= 15 is 0 Å². The highest BCUT2D eigenvalue weighted by atomic mass is 31.1. The molecule has 0 aliphatic heterocycles. The van der Waals surface area contributed by atoms with Crippen molar-refractivity contribution in [3.63, 3.8) is 0 Å². The van der Waals surface area contributed by atoms with Crippen LogP contribution in [-0.4, -0.2) is 0 Å². The van der Waals surface area contributed by atoms with Gasteiger partial charge in [0.1, 0.15) is 0 Å². The summed E-state index contributed by atoms with van der Waals surface area (Å²) in [6, 6.07) is 43.9. The molecule has 2 heteroatoms. The molecule has 0 aliphatic rings. The Bertz CT molecular complexity index is 1100. The molecule has 0 radical (unpaired) electrons. The Kier molecular flexibility index (Phi) is 10.1. The summed E-state index contributed by atoms with van der Waals surface area (Å²) in [5.74, 6) is 5.04. The van der Waals surface area contributed by atoms with Crippen LogP contribution in [-0.2, 0) is 0 Å². The number of rotatable bonds is 11. The predicted octanol–water partition coefficient (Wildman–Crippen LogP) is 8.23. The van der Waals surface area contributed by atoms with Gasteiger partial charge in [-0.05, 0) is 61.3 Å². The highest BCUT2D eigenvalue weighted by Gasteiger charge is 2.13. The van der Waals surface area contributed by atoms with Crippen LogP contribution in [0.3, 0.4) is 0 Å². The molecule has 0 amide bonds. The Morgan fingerprint density at radius 2 is 0.943 bits per heavy atom. The van der Waals surface area contributed by atoms with Crippen LogP contribution in [0.5, 0.6) is 0 Å². The second-order valence-corrected chi connectivity index (χ2v) is 12.7. The van der Waals surface area contributed by atoms with Gasteiger partial charge in [-0.25, -0.2) is 0 Å². The van der Waals surface area contributed by atoms with E-state index in [2.05, 4.69) is 146 Å². The third kappa shape index (κ3) is 7.60. The van der Waals surface area contributed by atoms with Crippen molar-refractivity contribution in [2.45, 2.75) is 32.6 Å². The Hall–Kier alpha value is -2.78. The summed E-state index contributed by atoms with van der Waals surface area (Å²) < 4.78 is 0. The molecular weight excluding hydrogens is 458 g/mol. The average Bonchev–Trinajstić information content (AvgIpc) is 2.93. The lowest BCUT2D eigenvalue weighted by Crippen LogP contribution is -2.10. The van der Waals surface area contributed by atoms with Gasteiger partial charge < -0.3 is 0 Å². The van der Waals surface area contributed by atoms with E-state index < -0.39 is 15.8 Å². The molecule has 35 heavy (non-hydrogen) atoms. The topological polar surface area (TPSA) is 0 Å². The molecule has 176 valence electrons. The van der Waals surface area contributed by atoms with Gasteiger partial charge in [0.15, 0.2) is 0 Å². The highest BCUT2D eigenvalue weighted by Crippen LogP contribution is 2.40. The predicted molar refractivity (Wildman–Crippen MR) is 160 cm³/mol. The van der Waals surface area contributed by atoms with Gasteiger partial charge in [-0.15, -0.1) is 0 Å². The van der Waals surface area contributed by atoms with E-state index in [1.54, 1.807) is 0 Å². The van der Waals surface area contributed by atoms with Crippen molar-refractivity contribution in [3.05, 3.63) is 145 Å². The van der Waals surface area contributed by atoms with Crippen LogP contribution >= 0.6 is 15.8 Å². The SMILES string of the molecule is CCCCCC(C=CP(c1ccccc1)c1ccccc1)=CP(c1ccccc1)c1ccccc1. The Balaban J connectivity index is 1.73. The summed E-state index contributed by atoms with van der Waals surface area (Å²) in [4.78, 5) is 0. The highest BCUT2D eigenvalue weighted by molar-refractivity contribution is 7.76. The van der Waals surface area contributed by atoms with E-state index in [4.69, 9.17) is 0 Å². The van der Waals surface area contributed by atoms with Crippen LogP contribution in [0.1, 0.15) is 32.6 Å². The monoisotopic (exact) mass is 492 g/mol. The van der Waals surface area contributed by atoms with E-state index in [1.165, 1.54) is 46.1 Å². The number of allylic oxidation sites excluding steroid dienone is 2. The van der Waals surface area contributed by atoms with Crippen LogP contribution in [0.15, 0.2) is 145 Å². The lowest BCUT2D eigenvalue weighted by Gasteiger charge is -2.18. The summed E-state index contributed by atoms with van der Waals surface area (Å²) >= 11 is 0. The maximum Gasteiger partial charge on any atom is -0.0157 e. The van der Waals surface area contributed by atoms with E-state index in [9.17, 15) is 0 Å². The zero-order valence-electron chi connectivity index (χ0n) is 20.5. The lowest BCUT2D eigenvalue weighted by atomic mass is 10.1. The first kappa shape index (κ1) is 25.3. The van der Waals surface area contributed by atoms with Crippen molar-refractivity contribution in [1.29, 1.82) is 0 Å². The number of hydrogen-bond donors (Lipinski definition) is 0. The molecule has 0 saturated carbocycles. The average molecular weight is 493 g/mol. The fourth-order valence-corrected chi connectivity index (χ4v) is 8.18. The third-order valence-electron chi connectivity index (χ3n) is 5.94. The number of hydrogen-bond acceptors (Lipinski definition) is 0. The molecular formula is C33H34P2. The second kappa shape index (κ2) is 13.9. The van der Waals surface area contributed by atoms with E-state index in [1.807, 2.05) is 0 Å². The van der Waals surface area contributed by atoms with Crippen LogP contribution in [0, 0.1) is 0 Å². The van der Waals surface area contributed by atoms with Crippen LogP contribution in [0.4, 0.5) is 0 Å². The zero-order valence-corrected chi connectivity index (χ0v) is 22.3. The molecule has 0 unspecified atom stereocenters. The smallest absolute Gasteiger partial charge is 0.0157 e. The molecule has 0 aromatic heterocycles. The van der Waals surface area contributed by atoms with Gasteiger partial charge in [0.2, 0.25) is 0 Å². The van der Waals surface area contributed by atoms with Gasteiger partial charge >= 0.3 is 0 Å². The van der Waals surface area contributed by atoms with Crippen LogP contribution in [0.25, 0.3) is 0 Å². The lowest BCUT2D eigenvalue weighted by molar-refractivity contribution is 0.720. The zero-order chi connectivity index (χ0) is 24.1. The van der Waals surface area contributed by atoms with E-state index in [0.717, 1.165) is 6.42 Å². The Labute approximate surface area is 214 Å². The van der Waals surface area contributed by atoms with Crippen molar-refractivity contribution < 1.29 is 0 Å². The van der Waals surface area contributed by atoms with Gasteiger partial charge in [0, 0.05) is 0 Å². The molecule has 0 aliphatic carbocycles. The molecule has 0 atom stereocenters. The van der Waals surface area contributed by atoms with Crippen LogP contribution < -0.4 is 21.2 Å². The molecule has 0 spiro atoms. The molecule has 0 heterocycles. The van der Waals surface area contributed by atoms with Crippen molar-refractivity contribution in [2.24, 2.45) is 0 Å². The first-order valence-electron chi connectivity index (χ1n) is 12.5. The van der Waals surface area contributed by atoms with Gasteiger partial charge in [-0.1, -0.05) is 153 Å². The quantitative estimate of drug-likeness (QED) is 0.112. The maximum absolute atomic E-state index is 2.57. The van der Waals surface area contributed by atoms with Crippen molar-refractivity contribution in [3.8, 4) is 0 Å². The Morgan fingerprint density at radius 3 is 1.34 bits per heavy atom. The standard InChI is InChI=1S/C33H34P2/c1-2-3-8-17-29(28-35(32-22-13-6-14-23-32)33-24-15-7-16-25-33)26-27-34(30-18-9-4-10-19-30)31-20-11-5-12-21-31/h4-7,9-16,18-28H,2-3,8,17H2,1H3. The Morgan fingerprint density at radius 1 is 0.543 bits per heavy atom. The number of unbranched alkanes of at least 4 members (excludes halogenated alkanes) is 2. The molecule has 0 bridgehead atoms. The minimum absolute atomic E-state index is 0.550. The molecule has 4 aromatic carbocycles. The fraction of sp³-hybridized carbons (Fsp3) is 0.152. The molecule has 0 saturated heterocycles. The minimum atomic E-state index is -0.556. The molecule has 0 fully saturated rings. The summed E-state index contributed by atoms with van der Waals surface area (Å²) in [6.07, 6.45) is 7.29. The summed E-state index contributed by atoms with van der Waals surface area (Å²) in [5, 5.41) is 5.60. The third-order valence-corrected chi connectivity index (χ3v) is 10.4. The fourth-order valence-electron chi connectivity index (χ4n) is 4.08. The van der Waals surface area contributed by atoms with Gasteiger partial charge in [-0.3, -0.25) is 0 Å². The molecule has 4 rings (SSSR count). The van der Waals surface area contributed by atoms with Crippen LogP contribution in [0.2, 0.25) is 0 Å². The van der Waals surface area contributed by atoms with E-state index in [0.29, 0.717) is 0 Å². The molecule has 0 nitrogen and oxygen atoms in total. The largest absolute Gasteiger partial charge is 0.0654 e. The van der Waals surface area contributed by atoms with Crippen molar-refractivity contribution in [2.75, 3.05) is 0 Å². The summed E-state index contributed by atoms with van der Waals surface area (Å²) in [5.41, 5.74) is 1.46. The normalized spacial score (nSPS) is 12.0. The number of benzene rings is 4. The van der Waals surface area contributed by atoms with Gasteiger partial charge in [0.25, 0.3) is 0 Å². The summed E-state index contributed by atoms with van der Waals surface area (Å²) in [6.45, 7) is 2.28.